The lowest BCUT2D eigenvalue weighted by atomic mass is 10.0. The Kier molecular flexibility index (Phi) is 6.93. The van der Waals surface area contributed by atoms with Crippen LogP contribution in [0.4, 0.5) is 24.5 Å². The van der Waals surface area contributed by atoms with E-state index < -0.39 is 29.3 Å². The smallest absolute Gasteiger partial charge is 0.264 e. The molecule has 3 N–H and O–H groups in total. The summed E-state index contributed by atoms with van der Waals surface area (Å²) in [7, 11) is 0. The van der Waals surface area contributed by atoms with E-state index in [1.54, 1.807) is 12.1 Å². The first-order chi connectivity index (χ1) is 16.6. The van der Waals surface area contributed by atoms with Gasteiger partial charge in [0.05, 0.1) is 16.9 Å². The van der Waals surface area contributed by atoms with E-state index in [1.165, 1.54) is 18.3 Å². The highest BCUT2D eigenvalue weighted by Gasteiger charge is 2.26. The van der Waals surface area contributed by atoms with Gasteiger partial charge in [0.1, 0.15) is 5.82 Å². The minimum Gasteiger partial charge on any atom is -0.367 e. The zero-order valence-corrected chi connectivity index (χ0v) is 19.5. The van der Waals surface area contributed by atoms with Gasteiger partial charge >= 0.3 is 0 Å². The van der Waals surface area contributed by atoms with Crippen molar-refractivity contribution in [3.8, 4) is 11.1 Å². The van der Waals surface area contributed by atoms with Gasteiger partial charge in [-0.2, -0.15) is 0 Å². The molecule has 0 bridgehead atoms. The van der Waals surface area contributed by atoms with Gasteiger partial charge < -0.3 is 20.5 Å². The van der Waals surface area contributed by atoms with Gasteiger partial charge in [-0.05, 0) is 39.0 Å². The number of amides is 1. The van der Waals surface area contributed by atoms with Gasteiger partial charge in [0.2, 0.25) is 5.56 Å². The molecule has 0 radical (unpaired) electrons. The summed E-state index contributed by atoms with van der Waals surface area (Å²) in [5.74, 6) is -1.34. The molecule has 35 heavy (non-hydrogen) atoms. The standard InChI is InChI=1S/C25H26F3N5O2/c1-13-4-5-16(9-29-13)17-6-21(22(8-20(17)26)33-11-14(2)31-15(3)12-33)32-25(35)19-10-30-23(34)7-18(19)24(27)28/h4-10,14-15,24,31H,11-12H2,1-3H3,(H,30,34)(H,32,35)/t14-,15+. The van der Waals surface area contributed by atoms with E-state index in [4.69, 9.17) is 0 Å². The molecule has 0 unspecified atom stereocenters. The summed E-state index contributed by atoms with van der Waals surface area (Å²) in [6, 6.07) is 7.21. The Labute approximate surface area is 200 Å². The average Bonchev–Trinajstić information content (AvgIpc) is 2.79. The number of aromatic amines is 1. The Morgan fingerprint density at radius 1 is 1.17 bits per heavy atom. The fraction of sp³-hybridized carbons (Fsp3) is 0.320. The third-order valence-electron chi connectivity index (χ3n) is 5.89. The molecule has 184 valence electrons. The number of anilines is 2. The number of halogens is 3. The molecule has 1 saturated heterocycles. The van der Waals surface area contributed by atoms with E-state index in [-0.39, 0.29) is 28.9 Å². The lowest BCUT2D eigenvalue weighted by Crippen LogP contribution is -2.54. The van der Waals surface area contributed by atoms with Crippen molar-refractivity contribution in [1.29, 1.82) is 0 Å². The second-order valence-electron chi connectivity index (χ2n) is 8.83. The lowest BCUT2D eigenvalue weighted by Gasteiger charge is -2.38. The van der Waals surface area contributed by atoms with Crippen molar-refractivity contribution in [3.05, 3.63) is 75.7 Å². The van der Waals surface area contributed by atoms with E-state index in [1.807, 2.05) is 25.7 Å². The van der Waals surface area contributed by atoms with Crippen molar-refractivity contribution in [1.82, 2.24) is 15.3 Å². The predicted octanol–water partition coefficient (Wildman–Crippen LogP) is 4.26. The summed E-state index contributed by atoms with van der Waals surface area (Å²) < 4.78 is 42.4. The van der Waals surface area contributed by atoms with Gasteiger partial charge in [0.25, 0.3) is 12.3 Å². The van der Waals surface area contributed by atoms with Crippen LogP contribution in [0.15, 0.2) is 47.5 Å². The van der Waals surface area contributed by atoms with Crippen molar-refractivity contribution in [2.75, 3.05) is 23.3 Å². The molecular weight excluding hydrogens is 459 g/mol. The van der Waals surface area contributed by atoms with Crippen LogP contribution in [0.25, 0.3) is 11.1 Å². The molecule has 1 amide bonds. The molecule has 0 saturated carbocycles. The predicted molar refractivity (Wildman–Crippen MR) is 129 cm³/mol. The molecule has 7 nitrogen and oxygen atoms in total. The number of H-pyrrole nitrogens is 1. The summed E-state index contributed by atoms with van der Waals surface area (Å²) in [5.41, 5.74) is 0.399. The number of nitrogens with zero attached hydrogens (tertiary/aromatic N) is 2. The van der Waals surface area contributed by atoms with E-state index in [0.29, 0.717) is 30.4 Å². The average molecular weight is 486 g/mol. The quantitative estimate of drug-likeness (QED) is 0.503. The number of alkyl halides is 2. The van der Waals surface area contributed by atoms with Crippen LogP contribution in [0, 0.1) is 12.7 Å². The molecule has 3 heterocycles. The van der Waals surface area contributed by atoms with Gasteiger partial charge in [0, 0.05) is 66.0 Å². The van der Waals surface area contributed by atoms with Gasteiger partial charge in [0.15, 0.2) is 0 Å². The summed E-state index contributed by atoms with van der Waals surface area (Å²) >= 11 is 0. The number of nitrogens with one attached hydrogen (secondary N) is 3. The number of aryl methyl sites for hydroxylation is 1. The SMILES string of the molecule is Cc1ccc(-c2cc(NC(=O)c3c[nH]c(=O)cc3C(F)F)c(N3C[C@@H](C)N[C@@H](C)C3)cc2F)cn1. The first kappa shape index (κ1) is 24.5. The monoisotopic (exact) mass is 485 g/mol. The van der Waals surface area contributed by atoms with Crippen LogP contribution < -0.4 is 21.1 Å². The number of pyridine rings is 2. The van der Waals surface area contributed by atoms with Crippen LogP contribution in [-0.4, -0.2) is 41.0 Å². The van der Waals surface area contributed by atoms with Crippen molar-refractivity contribution in [3.63, 3.8) is 0 Å². The second-order valence-corrected chi connectivity index (χ2v) is 8.83. The molecule has 2 aromatic heterocycles. The minimum absolute atomic E-state index is 0.107. The fourth-order valence-corrected chi connectivity index (χ4v) is 4.35. The maximum atomic E-state index is 15.3. The van der Waals surface area contributed by atoms with Gasteiger partial charge in [-0.15, -0.1) is 0 Å². The maximum absolute atomic E-state index is 15.3. The van der Waals surface area contributed by atoms with Crippen LogP contribution in [0.1, 0.15) is 41.9 Å². The number of piperazine rings is 1. The van der Waals surface area contributed by atoms with Crippen LogP contribution in [0.2, 0.25) is 0 Å². The number of rotatable bonds is 5. The molecule has 0 spiro atoms. The lowest BCUT2D eigenvalue weighted by molar-refractivity contribution is 0.101. The molecule has 3 aromatic rings. The molecule has 4 rings (SSSR count). The Morgan fingerprint density at radius 3 is 2.51 bits per heavy atom. The first-order valence-corrected chi connectivity index (χ1v) is 11.2. The van der Waals surface area contributed by atoms with Gasteiger partial charge in [-0.25, -0.2) is 13.2 Å². The van der Waals surface area contributed by atoms with Crippen LogP contribution in [0.5, 0.6) is 0 Å². The molecule has 1 aliphatic rings. The van der Waals surface area contributed by atoms with Crippen molar-refractivity contribution in [2.24, 2.45) is 0 Å². The van der Waals surface area contributed by atoms with E-state index in [9.17, 15) is 18.4 Å². The number of benzene rings is 1. The Morgan fingerprint density at radius 2 is 1.89 bits per heavy atom. The molecule has 1 aromatic carbocycles. The number of aromatic nitrogens is 2. The molecule has 10 heteroatoms. The summed E-state index contributed by atoms with van der Waals surface area (Å²) in [4.78, 5) is 33.1. The number of hydrogen-bond acceptors (Lipinski definition) is 5. The third-order valence-corrected chi connectivity index (χ3v) is 5.89. The molecule has 0 aliphatic carbocycles. The highest BCUT2D eigenvalue weighted by atomic mass is 19.3. The molecule has 1 fully saturated rings. The molecule has 2 atom stereocenters. The highest BCUT2D eigenvalue weighted by molar-refractivity contribution is 6.07. The van der Waals surface area contributed by atoms with Crippen LogP contribution in [-0.2, 0) is 0 Å². The van der Waals surface area contributed by atoms with Crippen molar-refractivity contribution in [2.45, 2.75) is 39.3 Å². The highest BCUT2D eigenvalue weighted by Crippen LogP contribution is 2.35. The Hall–Kier alpha value is -3.66. The number of carbonyl (C=O) groups is 1. The second kappa shape index (κ2) is 9.91. The topological polar surface area (TPSA) is 90.1 Å². The third kappa shape index (κ3) is 5.37. The van der Waals surface area contributed by atoms with Crippen LogP contribution in [0.3, 0.4) is 0 Å². The number of hydrogen-bond donors (Lipinski definition) is 3. The number of carbonyl (C=O) groups excluding carboxylic acids is 1. The summed E-state index contributed by atoms with van der Waals surface area (Å²) in [6.45, 7) is 6.92. The van der Waals surface area contributed by atoms with Crippen LogP contribution >= 0.6 is 0 Å². The molecular formula is C25H26F3N5O2. The normalized spacial score (nSPS) is 18.1. The van der Waals surface area contributed by atoms with Crippen molar-refractivity contribution >= 4 is 17.3 Å². The fourth-order valence-electron chi connectivity index (χ4n) is 4.35. The first-order valence-electron chi connectivity index (χ1n) is 11.2. The zero-order chi connectivity index (χ0) is 25.3. The summed E-state index contributed by atoms with van der Waals surface area (Å²) in [5, 5.41) is 6.07. The minimum atomic E-state index is -3.02. The Bertz CT molecular complexity index is 1280. The molecule has 1 aliphatic heterocycles. The van der Waals surface area contributed by atoms with E-state index >= 15 is 4.39 Å². The van der Waals surface area contributed by atoms with E-state index in [2.05, 4.69) is 20.6 Å². The Balaban J connectivity index is 1.80. The van der Waals surface area contributed by atoms with Crippen molar-refractivity contribution < 1.29 is 18.0 Å². The van der Waals surface area contributed by atoms with Gasteiger partial charge in [-0.1, -0.05) is 6.07 Å². The van der Waals surface area contributed by atoms with Gasteiger partial charge in [-0.3, -0.25) is 14.6 Å². The summed E-state index contributed by atoms with van der Waals surface area (Å²) in [6.07, 6.45) is -0.526. The zero-order valence-electron chi connectivity index (χ0n) is 19.5. The largest absolute Gasteiger partial charge is 0.367 e. The van der Waals surface area contributed by atoms with E-state index in [0.717, 1.165) is 11.9 Å². The maximum Gasteiger partial charge on any atom is 0.264 e.